The first-order chi connectivity index (χ1) is 9.63. The van der Waals surface area contributed by atoms with E-state index in [4.69, 9.17) is 16.3 Å². The number of aromatic nitrogens is 2. The van der Waals surface area contributed by atoms with Crippen molar-refractivity contribution in [3.8, 4) is 5.69 Å². The summed E-state index contributed by atoms with van der Waals surface area (Å²) in [6.07, 6.45) is 2.98. The molecule has 5 heteroatoms. The third-order valence-corrected chi connectivity index (χ3v) is 3.09. The molecule has 2 rings (SSSR count). The van der Waals surface area contributed by atoms with Gasteiger partial charge in [0.2, 0.25) is 0 Å². The van der Waals surface area contributed by atoms with Gasteiger partial charge < -0.3 is 4.74 Å². The lowest BCUT2D eigenvalue weighted by Gasteiger charge is -2.01. The molecular weight excluding hydrogens is 276 g/mol. The molecule has 1 heterocycles. The van der Waals surface area contributed by atoms with Gasteiger partial charge in [-0.05, 0) is 32.1 Å². The van der Waals surface area contributed by atoms with E-state index in [-0.39, 0.29) is 0 Å². The van der Waals surface area contributed by atoms with Gasteiger partial charge in [0.15, 0.2) is 0 Å². The number of halogens is 1. The predicted molar refractivity (Wildman–Crippen MR) is 79.0 cm³/mol. The molecule has 0 aliphatic heterocycles. The van der Waals surface area contributed by atoms with Crippen molar-refractivity contribution in [3.63, 3.8) is 0 Å². The van der Waals surface area contributed by atoms with Gasteiger partial charge >= 0.3 is 5.97 Å². The summed E-state index contributed by atoms with van der Waals surface area (Å²) in [6, 6.07) is 9.58. The minimum atomic E-state index is -0.393. The van der Waals surface area contributed by atoms with Gasteiger partial charge in [0.05, 0.1) is 18.0 Å². The molecule has 104 valence electrons. The molecule has 2 aromatic rings. The number of carbonyl (C=O) groups is 1. The van der Waals surface area contributed by atoms with Crippen LogP contribution < -0.4 is 0 Å². The second-order valence-corrected chi connectivity index (χ2v) is 4.48. The number of nitrogens with zero attached hydrogens (tertiary/aromatic N) is 2. The minimum absolute atomic E-state index is 0.346. The van der Waals surface area contributed by atoms with E-state index in [0.717, 1.165) is 11.4 Å². The third-order valence-electron chi connectivity index (χ3n) is 2.72. The number of rotatable bonds is 4. The highest BCUT2D eigenvalue weighted by atomic mass is 35.5. The lowest BCUT2D eigenvalue weighted by Crippen LogP contribution is -1.98. The highest BCUT2D eigenvalue weighted by Crippen LogP contribution is 2.24. The number of hydrogen-bond donors (Lipinski definition) is 0. The standard InChI is InChI=1S/C15H15ClN2O2/c1-3-20-14(19)10-9-13-11(2)17-18(15(13)16)12-7-5-4-6-8-12/h4-10H,3H2,1-2H3. The van der Waals surface area contributed by atoms with E-state index in [1.165, 1.54) is 6.08 Å². The molecule has 0 amide bonds. The first kappa shape index (κ1) is 14.3. The first-order valence-electron chi connectivity index (χ1n) is 6.29. The normalized spacial score (nSPS) is 10.9. The molecule has 0 saturated carbocycles. The summed E-state index contributed by atoms with van der Waals surface area (Å²) in [4.78, 5) is 11.3. The smallest absolute Gasteiger partial charge is 0.330 e. The number of para-hydroxylation sites is 1. The molecule has 0 unspecified atom stereocenters. The van der Waals surface area contributed by atoms with E-state index in [9.17, 15) is 4.79 Å². The maximum absolute atomic E-state index is 11.3. The molecule has 4 nitrogen and oxygen atoms in total. The Morgan fingerprint density at radius 2 is 2.10 bits per heavy atom. The van der Waals surface area contributed by atoms with Gasteiger partial charge in [-0.1, -0.05) is 29.8 Å². The zero-order chi connectivity index (χ0) is 14.5. The van der Waals surface area contributed by atoms with Crippen molar-refractivity contribution < 1.29 is 9.53 Å². The van der Waals surface area contributed by atoms with Gasteiger partial charge in [-0.2, -0.15) is 5.10 Å². The largest absolute Gasteiger partial charge is 0.463 e. The number of benzene rings is 1. The number of aryl methyl sites for hydroxylation is 1. The van der Waals surface area contributed by atoms with Crippen LogP contribution >= 0.6 is 11.6 Å². The van der Waals surface area contributed by atoms with Crippen LogP contribution in [0, 0.1) is 6.92 Å². The molecular formula is C15H15ClN2O2. The highest BCUT2D eigenvalue weighted by Gasteiger charge is 2.12. The van der Waals surface area contributed by atoms with Gasteiger partial charge in [-0.3, -0.25) is 0 Å². The van der Waals surface area contributed by atoms with Gasteiger partial charge in [-0.15, -0.1) is 0 Å². The molecule has 0 saturated heterocycles. The Morgan fingerprint density at radius 1 is 1.40 bits per heavy atom. The predicted octanol–water partition coefficient (Wildman–Crippen LogP) is 3.41. The van der Waals surface area contributed by atoms with E-state index < -0.39 is 5.97 Å². The molecule has 0 fully saturated rings. The van der Waals surface area contributed by atoms with Gasteiger partial charge in [-0.25, -0.2) is 9.48 Å². The summed E-state index contributed by atoms with van der Waals surface area (Å²) in [7, 11) is 0. The maximum atomic E-state index is 11.3. The fourth-order valence-electron chi connectivity index (χ4n) is 1.78. The molecule has 1 aromatic carbocycles. The highest BCUT2D eigenvalue weighted by molar-refractivity contribution is 6.31. The Bertz CT molecular complexity index is 633. The Kier molecular flexibility index (Phi) is 4.58. The molecule has 0 N–H and O–H groups in total. The Morgan fingerprint density at radius 3 is 2.75 bits per heavy atom. The fourth-order valence-corrected chi connectivity index (χ4v) is 2.12. The van der Waals surface area contributed by atoms with Crippen LogP contribution in [0.3, 0.4) is 0 Å². The summed E-state index contributed by atoms with van der Waals surface area (Å²) < 4.78 is 6.48. The number of esters is 1. The average molecular weight is 291 g/mol. The second kappa shape index (κ2) is 6.39. The molecule has 0 atom stereocenters. The van der Waals surface area contributed by atoms with Crippen LogP contribution in [0.1, 0.15) is 18.2 Å². The van der Waals surface area contributed by atoms with Crippen molar-refractivity contribution in [1.82, 2.24) is 9.78 Å². The average Bonchev–Trinajstić information content (AvgIpc) is 2.73. The lowest BCUT2D eigenvalue weighted by molar-refractivity contribution is -0.137. The van der Waals surface area contributed by atoms with Gasteiger partial charge in [0.25, 0.3) is 0 Å². The minimum Gasteiger partial charge on any atom is -0.463 e. The number of carbonyl (C=O) groups excluding carboxylic acids is 1. The summed E-state index contributed by atoms with van der Waals surface area (Å²) in [6.45, 7) is 3.95. The molecule has 20 heavy (non-hydrogen) atoms. The number of hydrogen-bond acceptors (Lipinski definition) is 3. The van der Waals surface area contributed by atoms with Gasteiger partial charge in [0, 0.05) is 11.6 Å². The van der Waals surface area contributed by atoms with Crippen LogP contribution in [0.4, 0.5) is 0 Å². The van der Waals surface area contributed by atoms with Crippen molar-refractivity contribution in [2.45, 2.75) is 13.8 Å². The lowest BCUT2D eigenvalue weighted by atomic mass is 10.2. The molecule has 0 aliphatic rings. The quantitative estimate of drug-likeness (QED) is 0.640. The van der Waals surface area contributed by atoms with Crippen LogP contribution in [0.15, 0.2) is 36.4 Å². The summed E-state index contributed by atoms with van der Waals surface area (Å²) >= 11 is 6.32. The molecule has 0 spiro atoms. The van der Waals surface area contributed by atoms with Crippen molar-refractivity contribution in [2.24, 2.45) is 0 Å². The Hall–Kier alpha value is -2.07. The SMILES string of the molecule is CCOC(=O)C=Cc1c(C)nn(-c2ccccc2)c1Cl. The molecule has 0 bridgehead atoms. The fraction of sp³-hybridized carbons (Fsp3) is 0.200. The summed E-state index contributed by atoms with van der Waals surface area (Å²) in [5.74, 6) is -0.393. The first-order valence-corrected chi connectivity index (χ1v) is 6.66. The zero-order valence-corrected chi connectivity index (χ0v) is 12.1. The maximum Gasteiger partial charge on any atom is 0.330 e. The topological polar surface area (TPSA) is 44.1 Å². The van der Waals surface area contributed by atoms with E-state index in [1.54, 1.807) is 17.7 Å². The number of ether oxygens (including phenoxy) is 1. The van der Waals surface area contributed by atoms with Crippen LogP contribution in [-0.2, 0) is 9.53 Å². The van der Waals surface area contributed by atoms with E-state index in [0.29, 0.717) is 17.3 Å². The Balaban J connectivity index is 2.33. The van der Waals surface area contributed by atoms with Gasteiger partial charge in [0.1, 0.15) is 5.15 Å². The van der Waals surface area contributed by atoms with Crippen LogP contribution in [0.2, 0.25) is 5.15 Å². The van der Waals surface area contributed by atoms with Crippen molar-refractivity contribution in [3.05, 3.63) is 52.8 Å². The monoisotopic (exact) mass is 290 g/mol. The van der Waals surface area contributed by atoms with E-state index in [1.807, 2.05) is 37.3 Å². The van der Waals surface area contributed by atoms with E-state index in [2.05, 4.69) is 5.10 Å². The molecule has 1 aromatic heterocycles. The summed E-state index contributed by atoms with van der Waals surface area (Å²) in [5.41, 5.74) is 2.33. The van der Waals surface area contributed by atoms with E-state index >= 15 is 0 Å². The third kappa shape index (κ3) is 3.08. The van der Waals surface area contributed by atoms with Crippen molar-refractivity contribution >= 4 is 23.6 Å². The van der Waals surface area contributed by atoms with Crippen molar-refractivity contribution in [1.29, 1.82) is 0 Å². The van der Waals surface area contributed by atoms with Crippen LogP contribution in [-0.4, -0.2) is 22.4 Å². The van der Waals surface area contributed by atoms with Crippen LogP contribution in [0.25, 0.3) is 11.8 Å². The Labute approximate surface area is 122 Å². The molecule has 0 radical (unpaired) electrons. The van der Waals surface area contributed by atoms with Crippen molar-refractivity contribution in [2.75, 3.05) is 6.61 Å². The summed E-state index contributed by atoms with van der Waals surface area (Å²) in [5, 5.41) is 4.85. The second-order valence-electron chi connectivity index (χ2n) is 4.12. The van der Waals surface area contributed by atoms with Crippen LogP contribution in [0.5, 0.6) is 0 Å². The zero-order valence-electron chi connectivity index (χ0n) is 11.3. The molecule has 0 aliphatic carbocycles.